The van der Waals surface area contributed by atoms with E-state index < -0.39 is 33.6 Å². The summed E-state index contributed by atoms with van der Waals surface area (Å²) in [5.74, 6) is -2.79. The molecule has 1 unspecified atom stereocenters. The molecule has 0 spiro atoms. The maximum atomic E-state index is 13.5. The molecule has 9 heteroatoms. The first-order valence-corrected chi connectivity index (χ1v) is 11.4. The number of hydrogen-bond donors (Lipinski definition) is 1. The maximum Gasteiger partial charge on any atom is 0.243 e. The predicted octanol–water partition coefficient (Wildman–Crippen LogP) is 2.97. The molecule has 1 saturated carbocycles. The molecule has 1 aromatic carbocycles. The highest BCUT2D eigenvalue weighted by Crippen LogP contribution is 2.23. The Morgan fingerprint density at radius 3 is 2.54 bits per heavy atom. The maximum absolute atomic E-state index is 13.5. The van der Waals surface area contributed by atoms with E-state index >= 15 is 0 Å². The Hall–Kier alpha value is -1.74. The van der Waals surface area contributed by atoms with Gasteiger partial charge in [0.15, 0.2) is 11.6 Å². The van der Waals surface area contributed by atoms with Gasteiger partial charge in [-0.25, -0.2) is 17.2 Å². The zero-order chi connectivity index (χ0) is 20.7. The molecule has 1 amide bonds. The van der Waals surface area contributed by atoms with Gasteiger partial charge in [-0.05, 0) is 38.3 Å². The SMILES string of the molecule is CC(C(=O)NCCCOC1CCCCC1)N(c1ccc(F)c(F)c1)S(C)(=O)=O. The molecule has 0 aromatic heterocycles. The summed E-state index contributed by atoms with van der Waals surface area (Å²) < 4.78 is 57.5. The van der Waals surface area contributed by atoms with E-state index in [0.717, 1.165) is 41.6 Å². The molecule has 0 radical (unpaired) electrons. The van der Waals surface area contributed by atoms with Crippen molar-refractivity contribution in [3.63, 3.8) is 0 Å². The Morgan fingerprint density at radius 1 is 1.25 bits per heavy atom. The van der Waals surface area contributed by atoms with Crippen LogP contribution in [0.2, 0.25) is 0 Å². The minimum absolute atomic E-state index is 0.107. The monoisotopic (exact) mass is 418 g/mol. The van der Waals surface area contributed by atoms with Crippen LogP contribution in [0.3, 0.4) is 0 Å². The quantitative estimate of drug-likeness (QED) is 0.626. The molecule has 2 rings (SSSR count). The van der Waals surface area contributed by atoms with Crippen LogP contribution in [0.4, 0.5) is 14.5 Å². The van der Waals surface area contributed by atoms with Gasteiger partial charge in [-0.3, -0.25) is 9.10 Å². The first-order chi connectivity index (χ1) is 13.2. The van der Waals surface area contributed by atoms with Crippen LogP contribution in [-0.2, 0) is 19.6 Å². The number of hydrogen-bond acceptors (Lipinski definition) is 4. The van der Waals surface area contributed by atoms with Crippen LogP contribution in [0, 0.1) is 11.6 Å². The molecule has 1 fully saturated rings. The molecule has 1 aliphatic rings. The summed E-state index contributed by atoms with van der Waals surface area (Å²) in [6.45, 7) is 2.26. The third-order valence-corrected chi connectivity index (χ3v) is 6.01. The fraction of sp³-hybridized carbons (Fsp3) is 0.632. The molecular formula is C19H28F2N2O4S. The van der Waals surface area contributed by atoms with Gasteiger partial charge in [0.2, 0.25) is 15.9 Å². The van der Waals surface area contributed by atoms with Crippen molar-refractivity contribution < 1.29 is 26.7 Å². The van der Waals surface area contributed by atoms with E-state index in [9.17, 15) is 22.0 Å². The highest BCUT2D eigenvalue weighted by atomic mass is 32.2. The van der Waals surface area contributed by atoms with Crippen LogP contribution in [0.5, 0.6) is 0 Å². The van der Waals surface area contributed by atoms with Gasteiger partial charge in [0.25, 0.3) is 0 Å². The van der Waals surface area contributed by atoms with E-state index in [0.29, 0.717) is 19.6 Å². The van der Waals surface area contributed by atoms with Crippen molar-refractivity contribution in [3.8, 4) is 0 Å². The number of halogens is 2. The second kappa shape index (κ2) is 10.2. The number of amides is 1. The summed E-state index contributed by atoms with van der Waals surface area (Å²) >= 11 is 0. The zero-order valence-electron chi connectivity index (χ0n) is 16.3. The van der Waals surface area contributed by atoms with Gasteiger partial charge in [-0.1, -0.05) is 19.3 Å². The van der Waals surface area contributed by atoms with Gasteiger partial charge in [0.1, 0.15) is 6.04 Å². The predicted molar refractivity (Wildman–Crippen MR) is 104 cm³/mol. The van der Waals surface area contributed by atoms with E-state index in [1.165, 1.54) is 26.2 Å². The van der Waals surface area contributed by atoms with Crippen molar-refractivity contribution in [2.45, 2.75) is 57.6 Å². The number of anilines is 1. The van der Waals surface area contributed by atoms with Crippen molar-refractivity contribution >= 4 is 21.6 Å². The first kappa shape index (κ1) is 22.5. The van der Waals surface area contributed by atoms with E-state index in [2.05, 4.69) is 5.32 Å². The van der Waals surface area contributed by atoms with Gasteiger partial charge in [0.05, 0.1) is 18.0 Å². The van der Waals surface area contributed by atoms with Gasteiger partial charge in [0, 0.05) is 19.2 Å². The lowest BCUT2D eigenvalue weighted by molar-refractivity contribution is -0.121. The summed E-state index contributed by atoms with van der Waals surface area (Å²) in [5, 5.41) is 2.68. The molecule has 158 valence electrons. The van der Waals surface area contributed by atoms with Crippen molar-refractivity contribution in [2.75, 3.05) is 23.7 Å². The van der Waals surface area contributed by atoms with Crippen molar-refractivity contribution in [3.05, 3.63) is 29.8 Å². The van der Waals surface area contributed by atoms with Crippen LogP contribution < -0.4 is 9.62 Å². The fourth-order valence-corrected chi connectivity index (χ4v) is 4.51. The second-order valence-electron chi connectivity index (χ2n) is 7.11. The number of ether oxygens (including phenoxy) is 1. The standard InChI is InChI=1S/C19H28F2N2O4S/c1-14(19(24)22-11-6-12-27-16-7-4-3-5-8-16)23(28(2,25)26)15-9-10-17(20)18(21)13-15/h9-10,13-14,16H,3-8,11-12H2,1-2H3,(H,22,24). The third-order valence-electron chi connectivity index (χ3n) is 4.77. The molecule has 0 bridgehead atoms. The van der Waals surface area contributed by atoms with Gasteiger partial charge in [-0.15, -0.1) is 0 Å². The van der Waals surface area contributed by atoms with Gasteiger partial charge < -0.3 is 10.1 Å². The Labute approximate surface area is 165 Å². The Morgan fingerprint density at radius 2 is 1.93 bits per heavy atom. The van der Waals surface area contributed by atoms with E-state index in [-0.39, 0.29) is 11.8 Å². The zero-order valence-corrected chi connectivity index (χ0v) is 17.1. The lowest BCUT2D eigenvalue weighted by Gasteiger charge is -2.28. The topological polar surface area (TPSA) is 75.7 Å². The van der Waals surface area contributed by atoms with E-state index in [1.54, 1.807) is 0 Å². The summed E-state index contributed by atoms with van der Waals surface area (Å²) in [5.41, 5.74) is -0.107. The fourth-order valence-electron chi connectivity index (χ4n) is 3.34. The van der Waals surface area contributed by atoms with Gasteiger partial charge >= 0.3 is 0 Å². The number of rotatable bonds is 9. The van der Waals surface area contributed by atoms with E-state index in [4.69, 9.17) is 4.74 Å². The number of nitrogens with zero attached hydrogens (tertiary/aromatic N) is 1. The lowest BCUT2D eigenvalue weighted by atomic mass is 9.98. The molecule has 0 aliphatic heterocycles. The molecule has 6 nitrogen and oxygen atoms in total. The van der Waals surface area contributed by atoms with Gasteiger partial charge in [-0.2, -0.15) is 0 Å². The van der Waals surface area contributed by atoms with Crippen LogP contribution in [0.15, 0.2) is 18.2 Å². The highest BCUT2D eigenvalue weighted by Gasteiger charge is 2.29. The molecule has 0 saturated heterocycles. The summed E-state index contributed by atoms with van der Waals surface area (Å²) in [7, 11) is -3.88. The molecular weight excluding hydrogens is 390 g/mol. The lowest BCUT2D eigenvalue weighted by Crippen LogP contribution is -2.48. The van der Waals surface area contributed by atoms with Crippen molar-refractivity contribution in [2.24, 2.45) is 0 Å². The van der Waals surface area contributed by atoms with Crippen LogP contribution in [0.25, 0.3) is 0 Å². The second-order valence-corrected chi connectivity index (χ2v) is 8.97. The smallest absolute Gasteiger partial charge is 0.243 e. The number of benzene rings is 1. The van der Waals surface area contributed by atoms with Crippen LogP contribution in [-0.4, -0.2) is 45.9 Å². The Kier molecular flexibility index (Phi) is 8.18. The molecule has 0 heterocycles. The summed E-state index contributed by atoms with van der Waals surface area (Å²) in [6.07, 6.45) is 7.58. The summed E-state index contributed by atoms with van der Waals surface area (Å²) in [6, 6.07) is 1.61. The molecule has 1 N–H and O–H groups in total. The first-order valence-electron chi connectivity index (χ1n) is 9.54. The normalized spacial score (nSPS) is 16.6. The van der Waals surface area contributed by atoms with E-state index in [1.807, 2.05) is 0 Å². The molecule has 1 aliphatic carbocycles. The molecule has 1 atom stereocenters. The summed E-state index contributed by atoms with van der Waals surface area (Å²) in [4.78, 5) is 12.4. The minimum atomic E-state index is -3.88. The average Bonchev–Trinajstić information content (AvgIpc) is 2.64. The third kappa shape index (κ3) is 6.41. The van der Waals surface area contributed by atoms with Crippen LogP contribution in [0.1, 0.15) is 45.4 Å². The van der Waals surface area contributed by atoms with Crippen molar-refractivity contribution in [1.29, 1.82) is 0 Å². The average molecular weight is 419 g/mol. The number of sulfonamides is 1. The van der Waals surface area contributed by atoms with Crippen molar-refractivity contribution in [1.82, 2.24) is 5.32 Å². The molecule has 1 aromatic rings. The highest BCUT2D eigenvalue weighted by molar-refractivity contribution is 7.92. The minimum Gasteiger partial charge on any atom is -0.378 e. The number of carbonyl (C=O) groups excluding carboxylic acids is 1. The Bertz CT molecular complexity index is 767. The largest absolute Gasteiger partial charge is 0.378 e. The number of nitrogens with one attached hydrogen (secondary N) is 1. The molecule has 28 heavy (non-hydrogen) atoms. The number of carbonyl (C=O) groups is 1. The van der Waals surface area contributed by atoms with Crippen LogP contribution >= 0.6 is 0 Å². The Balaban J connectivity index is 1.89.